The SMILES string of the molecule is COc1c(C)cccc1C(O)C(Cl)Cl. The molecule has 4 heteroatoms. The third-order valence-electron chi connectivity index (χ3n) is 2.00. The minimum Gasteiger partial charge on any atom is -0.496 e. The van der Waals surface area contributed by atoms with Crippen LogP contribution in [0.15, 0.2) is 18.2 Å². The Hall–Kier alpha value is -0.440. The van der Waals surface area contributed by atoms with Gasteiger partial charge >= 0.3 is 0 Å². The Bertz CT molecular complexity index is 313. The molecule has 0 aliphatic rings. The summed E-state index contributed by atoms with van der Waals surface area (Å²) in [5.74, 6) is 0.631. The molecular formula is C10H12Cl2O2. The summed E-state index contributed by atoms with van der Waals surface area (Å²) < 4.78 is 5.17. The van der Waals surface area contributed by atoms with Gasteiger partial charge < -0.3 is 9.84 Å². The van der Waals surface area contributed by atoms with Crippen molar-refractivity contribution in [2.45, 2.75) is 17.9 Å². The fourth-order valence-corrected chi connectivity index (χ4v) is 1.59. The first kappa shape index (κ1) is 11.6. The molecule has 14 heavy (non-hydrogen) atoms. The van der Waals surface area contributed by atoms with Gasteiger partial charge in [0, 0.05) is 5.56 Å². The number of benzene rings is 1. The zero-order chi connectivity index (χ0) is 10.7. The maximum absolute atomic E-state index is 9.69. The summed E-state index contributed by atoms with van der Waals surface area (Å²) in [5, 5.41) is 9.69. The molecule has 1 N–H and O–H groups in total. The second-order valence-corrected chi connectivity index (χ2v) is 4.14. The van der Waals surface area contributed by atoms with Crippen molar-refractivity contribution in [2.24, 2.45) is 0 Å². The largest absolute Gasteiger partial charge is 0.496 e. The average molecular weight is 235 g/mol. The average Bonchev–Trinajstić information content (AvgIpc) is 2.16. The first-order valence-corrected chi connectivity index (χ1v) is 5.05. The molecule has 1 aromatic rings. The van der Waals surface area contributed by atoms with Crippen molar-refractivity contribution in [1.29, 1.82) is 0 Å². The number of rotatable bonds is 3. The van der Waals surface area contributed by atoms with Gasteiger partial charge in [0.2, 0.25) is 0 Å². The second kappa shape index (κ2) is 4.87. The predicted octanol–water partition coefficient (Wildman–Crippen LogP) is 2.84. The van der Waals surface area contributed by atoms with Crippen molar-refractivity contribution in [3.05, 3.63) is 29.3 Å². The number of methoxy groups -OCH3 is 1. The molecule has 0 aliphatic carbocycles. The Kier molecular flexibility index (Phi) is 4.05. The van der Waals surface area contributed by atoms with E-state index in [1.54, 1.807) is 13.2 Å². The number of hydrogen-bond acceptors (Lipinski definition) is 2. The van der Waals surface area contributed by atoms with Gasteiger partial charge in [-0.15, -0.1) is 23.2 Å². The fraction of sp³-hybridized carbons (Fsp3) is 0.400. The number of ether oxygens (including phenoxy) is 1. The lowest BCUT2D eigenvalue weighted by Crippen LogP contribution is -2.08. The Morgan fingerprint density at radius 3 is 2.50 bits per heavy atom. The van der Waals surface area contributed by atoms with Gasteiger partial charge in [-0.3, -0.25) is 0 Å². The standard InChI is InChI=1S/C10H12Cl2O2/c1-6-4-3-5-7(9(6)14-2)8(13)10(11)12/h3-5,8,10,13H,1-2H3. The monoisotopic (exact) mass is 234 g/mol. The molecular weight excluding hydrogens is 223 g/mol. The molecule has 0 heterocycles. The lowest BCUT2D eigenvalue weighted by atomic mass is 10.1. The van der Waals surface area contributed by atoms with E-state index >= 15 is 0 Å². The van der Waals surface area contributed by atoms with Crippen molar-refractivity contribution in [2.75, 3.05) is 7.11 Å². The number of halogens is 2. The molecule has 0 amide bonds. The van der Waals surface area contributed by atoms with Crippen molar-refractivity contribution in [1.82, 2.24) is 0 Å². The van der Waals surface area contributed by atoms with Gasteiger partial charge in [0.15, 0.2) is 0 Å². The minimum atomic E-state index is -0.923. The van der Waals surface area contributed by atoms with Crippen molar-refractivity contribution in [3.63, 3.8) is 0 Å². The molecule has 1 rings (SSSR count). The fourth-order valence-electron chi connectivity index (χ4n) is 1.32. The van der Waals surface area contributed by atoms with E-state index in [9.17, 15) is 5.11 Å². The third kappa shape index (κ3) is 2.32. The zero-order valence-electron chi connectivity index (χ0n) is 8.00. The van der Waals surface area contributed by atoms with Crippen molar-refractivity contribution < 1.29 is 9.84 Å². The summed E-state index contributed by atoms with van der Waals surface area (Å²) in [6.07, 6.45) is -0.923. The van der Waals surface area contributed by atoms with Crippen LogP contribution in [-0.2, 0) is 0 Å². The quantitative estimate of drug-likeness (QED) is 0.816. The van der Waals surface area contributed by atoms with E-state index in [0.717, 1.165) is 5.56 Å². The highest BCUT2D eigenvalue weighted by Crippen LogP contribution is 2.33. The van der Waals surface area contributed by atoms with Crippen LogP contribution < -0.4 is 4.74 Å². The van der Waals surface area contributed by atoms with Crippen LogP contribution in [0.3, 0.4) is 0 Å². The minimum absolute atomic E-state index is 0.613. The molecule has 1 unspecified atom stereocenters. The van der Waals surface area contributed by atoms with E-state index in [1.165, 1.54) is 0 Å². The van der Waals surface area contributed by atoms with Crippen LogP contribution in [0.5, 0.6) is 5.75 Å². The summed E-state index contributed by atoms with van der Waals surface area (Å²) in [4.78, 5) is -0.856. The lowest BCUT2D eigenvalue weighted by molar-refractivity contribution is 0.188. The Balaban J connectivity index is 3.13. The molecule has 0 saturated carbocycles. The highest BCUT2D eigenvalue weighted by molar-refractivity contribution is 6.44. The van der Waals surface area contributed by atoms with Crippen molar-refractivity contribution >= 4 is 23.2 Å². The maximum Gasteiger partial charge on any atom is 0.137 e. The van der Waals surface area contributed by atoms with Gasteiger partial charge in [-0.25, -0.2) is 0 Å². The summed E-state index contributed by atoms with van der Waals surface area (Å²) in [6.45, 7) is 1.90. The molecule has 0 bridgehead atoms. The van der Waals surface area contributed by atoms with Gasteiger partial charge in [-0.05, 0) is 12.5 Å². The molecule has 2 nitrogen and oxygen atoms in total. The van der Waals surface area contributed by atoms with Gasteiger partial charge in [0.1, 0.15) is 16.7 Å². The number of hydrogen-bond donors (Lipinski definition) is 1. The van der Waals surface area contributed by atoms with Crippen LogP contribution in [0.2, 0.25) is 0 Å². The first-order chi connectivity index (χ1) is 6.57. The van der Waals surface area contributed by atoms with Gasteiger partial charge in [-0.1, -0.05) is 18.2 Å². The number of para-hydroxylation sites is 1. The van der Waals surface area contributed by atoms with Crippen LogP contribution in [-0.4, -0.2) is 17.1 Å². The van der Waals surface area contributed by atoms with Crippen LogP contribution in [0.25, 0.3) is 0 Å². The molecule has 0 saturated heterocycles. The topological polar surface area (TPSA) is 29.5 Å². The summed E-state index contributed by atoms with van der Waals surface area (Å²) in [5.41, 5.74) is 1.56. The van der Waals surface area contributed by atoms with E-state index in [2.05, 4.69) is 0 Å². The number of alkyl halides is 2. The zero-order valence-corrected chi connectivity index (χ0v) is 9.51. The molecule has 0 spiro atoms. The lowest BCUT2D eigenvalue weighted by Gasteiger charge is -2.16. The van der Waals surface area contributed by atoms with Crippen molar-refractivity contribution in [3.8, 4) is 5.75 Å². The first-order valence-electron chi connectivity index (χ1n) is 4.17. The highest BCUT2D eigenvalue weighted by Gasteiger charge is 2.20. The maximum atomic E-state index is 9.69. The normalized spacial score (nSPS) is 13.0. The smallest absolute Gasteiger partial charge is 0.137 e. The summed E-state index contributed by atoms with van der Waals surface area (Å²) in [7, 11) is 1.55. The number of aliphatic hydroxyl groups excluding tert-OH is 1. The molecule has 1 aromatic carbocycles. The van der Waals surface area contributed by atoms with E-state index in [-0.39, 0.29) is 0 Å². The van der Waals surface area contributed by atoms with Gasteiger partial charge in [0.05, 0.1) is 7.11 Å². The highest BCUT2D eigenvalue weighted by atomic mass is 35.5. The molecule has 0 fully saturated rings. The van der Waals surface area contributed by atoms with Gasteiger partial charge in [0.25, 0.3) is 0 Å². The molecule has 0 aromatic heterocycles. The Labute approximate surface area is 93.4 Å². The Morgan fingerprint density at radius 2 is 2.00 bits per heavy atom. The molecule has 1 atom stereocenters. The third-order valence-corrected chi connectivity index (χ3v) is 2.48. The Morgan fingerprint density at radius 1 is 1.36 bits per heavy atom. The number of aryl methyl sites for hydroxylation is 1. The second-order valence-electron chi connectivity index (χ2n) is 2.98. The summed E-state index contributed by atoms with van der Waals surface area (Å²) >= 11 is 11.2. The van der Waals surface area contributed by atoms with E-state index < -0.39 is 10.9 Å². The molecule has 0 aliphatic heterocycles. The molecule has 78 valence electrons. The van der Waals surface area contributed by atoms with Crippen LogP contribution in [0, 0.1) is 6.92 Å². The number of aliphatic hydroxyl groups is 1. The van der Waals surface area contributed by atoms with Crippen LogP contribution in [0.1, 0.15) is 17.2 Å². The van der Waals surface area contributed by atoms with Crippen LogP contribution >= 0.6 is 23.2 Å². The van der Waals surface area contributed by atoms with E-state index in [4.69, 9.17) is 27.9 Å². The predicted molar refractivity (Wildman–Crippen MR) is 58.2 cm³/mol. The van der Waals surface area contributed by atoms with E-state index in [0.29, 0.717) is 11.3 Å². The molecule has 0 radical (unpaired) electrons. The summed E-state index contributed by atoms with van der Waals surface area (Å²) in [6, 6.07) is 5.47. The van der Waals surface area contributed by atoms with E-state index in [1.807, 2.05) is 19.1 Å². The van der Waals surface area contributed by atoms with Crippen LogP contribution in [0.4, 0.5) is 0 Å². The van der Waals surface area contributed by atoms with Gasteiger partial charge in [-0.2, -0.15) is 0 Å².